The van der Waals surface area contributed by atoms with Crippen molar-refractivity contribution in [3.63, 3.8) is 0 Å². The Bertz CT molecular complexity index is 329. The highest BCUT2D eigenvalue weighted by molar-refractivity contribution is 9.10. The number of benzene rings is 1. The number of likely N-dealkylation sites (tertiary alicyclic amines) is 1. The van der Waals surface area contributed by atoms with Crippen LogP contribution >= 0.6 is 15.9 Å². The van der Waals surface area contributed by atoms with Gasteiger partial charge in [-0.2, -0.15) is 0 Å². The summed E-state index contributed by atoms with van der Waals surface area (Å²) in [5.74, 6) is 0. The van der Waals surface area contributed by atoms with Crippen LogP contribution in [0, 0.1) is 0 Å². The van der Waals surface area contributed by atoms with E-state index in [-0.39, 0.29) is 0 Å². The first-order chi connectivity index (χ1) is 8.28. The van der Waals surface area contributed by atoms with Gasteiger partial charge in [0.2, 0.25) is 0 Å². The van der Waals surface area contributed by atoms with Crippen LogP contribution in [0.3, 0.4) is 0 Å². The summed E-state index contributed by atoms with van der Waals surface area (Å²) >= 11 is 3.46. The molecule has 1 aliphatic rings. The Kier molecular flexibility index (Phi) is 4.86. The first kappa shape index (κ1) is 12.9. The second kappa shape index (κ2) is 6.41. The average Bonchev–Trinajstić information content (AvgIpc) is 2.35. The maximum Gasteiger partial charge on any atom is 0.0343 e. The number of nitrogens with zero attached hydrogens (tertiary/aromatic N) is 1. The Morgan fingerprint density at radius 3 is 2.47 bits per heavy atom. The van der Waals surface area contributed by atoms with Crippen molar-refractivity contribution in [2.24, 2.45) is 0 Å². The molecule has 3 heteroatoms. The molecule has 17 heavy (non-hydrogen) atoms. The molecule has 0 bridgehead atoms. The predicted octanol–water partition coefficient (Wildman–Crippen LogP) is 3.74. The third-order valence-corrected chi connectivity index (χ3v) is 3.87. The predicted molar refractivity (Wildman–Crippen MR) is 77.5 cm³/mol. The lowest BCUT2D eigenvalue weighted by Gasteiger charge is -2.32. The summed E-state index contributed by atoms with van der Waals surface area (Å²) < 4.78 is 1.14. The van der Waals surface area contributed by atoms with Crippen LogP contribution in [0.15, 0.2) is 28.7 Å². The van der Waals surface area contributed by atoms with Gasteiger partial charge in [0.05, 0.1) is 0 Å². The smallest absolute Gasteiger partial charge is 0.0343 e. The van der Waals surface area contributed by atoms with E-state index in [9.17, 15) is 0 Å². The van der Waals surface area contributed by atoms with Gasteiger partial charge in [-0.15, -0.1) is 0 Å². The molecular weight excluding hydrogens is 276 g/mol. The number of hydrogen-bond acceptors (Lipinski definition) is 2. The Labute approximate surface area is 113 Å². The van der Waals surface area contributed by atoms with Crippen LogP contribution in [-0.4, -0.2) is 30.6 Å². The zero-order valence-corrected chi connectivity index (χ0v) is 12.0. The SMILES string of the molecule is CCCN1CCC(Nc2ccc(Br)cc2)CC1. The minimum atomic E-state index is 0.643. The molecule has 0 aromatic heterocycles. The third-order valence-electron chi connectivity index (χ3n) is 3.34. The molecule has 1 N–H and O–H groups in total. The Morgan fingerprint density at radius 2 is 1.88 bits per heavy atom. The summed E-state index contributed by atoms with van der Waals surface area (Å²) in [7, 11) is 0. The monoisotopic (exact) mass is 296 g/mol. The molecular formula is C14H21BrN2. The number of anilines is 1. The molecule has 0 unspecified atom stereocenters. The van der Waals surface area contributed by atoms with Crippen LogP contribution in [0.4, 0.5) is 5.69 Å². The summed E-state index contributed by atoms with van der Waals surface area (Å²) in [6.45, 7) is 5.99. The van der Waals surface area contributed by atoms with Crippen LogP contribution in [0.5, 0.6) is 0 Å². The van der Waals surface area contributed by atoms with Crippen molar-refractivity contribution in [3.8, 4) is 0 Å². The maximum absolute atomic E-state index is 3.62. The lowest BCUT2D eigenvalue weighted by atomic mass is 10.0. The average molecular weight is 297 g/mol. The van der Waals surface area contributed by atoms with Crippen molar-refractivity contribution in [2.45, 2.75) is 32.2 Å². The maximum atomic E-state index is 3.62. The number of hydrogen-bond donors (Lipinski definition) is 1. The molecule has 0 radical (unpaired) electrons. The van der Waals surface area contributed by atoms with Crippen molar-refractivity contribution in [1.82, 2.24) is 4.90 Å². The summed E-state index contributed by atoms with van der Waals surface area (Å²) in [5, 5.41) is 3.62. The second-order valence-electron chi connectivity index (χ2n) is 4.77. The normalized spacial score (nSPS) is 18.2. The van der Waals surface area contributed by atoms with E-state index in [1.54, 1.807) is 0 Å². The molecule has 1 aliphatic heterocycles. The van der Waals surface area contributed by atoms with Crippen molar-refractivity contribution in [1.29, 1.82) is 0 Å². The van der Waals surface area contributed by atoms with Gasteiger partial charge in [0.15, 0.2) is 0 Å². The van der Waals surface area contributed by atoms with Crippen LogP contribution in [-0.2, 0) is 0 Å². The van der Waals surface area contributed by atoms with E-state index >= 15 is 0 Å². The van der Waals surface area contributed by atoms with Gasteiger partial charge in [0.1, 0.15) is 0 Å². The van der Waals surface area contributed by atoms with Gasteiger partial charge in [-0.25, -0.2) is 0 Å². The highest BCUT2D eigenvalue weighted by Crippen LogP contribution is 2.19. The molecule has 1 saturated heterocycles. The van der Waals surface area contributed by atoms with Gasteiger partial charge in [0, 0.05) is 29.3 Å². The van der Waals surface area contributed by atoms with E-state index in [1.807, 2.05) is 0 Å². The highest BCUT2D eigenvalue weighted by Gasteiger charge is 2.17. The van der Waals surface area contributed by atoms with E-state index < -0.39 is 0 Å². The lowest BCUT2D eigenvalue weighted by molar-refractivity contribution is 0.219. The third kappa shape index (κ3) is 4.00. The van der Waals surface area contributed by atoms with Crippen LogP contribution < -0.4 is 5.32 Å². The van der Waals surface area contributed by atoms with E-state index in [1.165, 1.54) is 44.6 Å². The number of rotatable bonds is 4. The van der Waals surface area contributed by atoms with Crippen LogP contribution in [0.25, 0.3) is 0 Å². The second-order valence-corrected chi connectivity index (χ2v) is 5.68. The van der Waals surface area contributed by atoms with E-state index in [2.05, 4.69) is 57.3 Å². The Balaban J connectivity index is 1.79. The van der Waals surface area contributed by atoms with E-state index in [4.69, 9.17) is 0 Å². The van der Waals surface area contributed by atoms with Crippen molar-refractivity contribution < 1.29 is 0 Å². The summed E-state index contributed by atoms with van der Waals surface area (Å²) in [6, 6.07) is 9.11. The van der Waals surface area contributed by atoms with Gasteiger partial charge in [-0.1, -0.05) is 22.9 Å². The molecule has 2 nitrogen and oxygen atoms in total. The van der Waals surface area contributed by atoms with Crippen molar-refractivity contribution >= 4 is 21.6 Å². The van der Waals surface area contributed by atoms with E-state index in [0.29, 0.717) is 6.04 Å². The fraction of sp³-hybridized carbons (Fsp3) is 0.571. The molecule has 0 atom stereocenters. The van der Waals surface area contributed by atoms with Gasteiger partial charge in [-0.05, 0) is 50.1 Å². The molecule has 0 saturated carbocycles. The number of halogens is 1. The van der Waals surface area contributed by atoms with Gasteiger partial charge in [-0.3, -0.25) is 0 Å². The molecule has 1 fully saturated rings. The molecule has 1 heterocycles. The zero-order chi connectivity index (χ0) is 12.1. The first-order valence-electron chi connectivity index (χ1n) is 6.52. The minimum Gasteiger partial charge on any atom is -0.382 e. The molecule has 0 amide bonds. The molecule has 1 aromatic carbocycles. The fourth-order valence-electron chi connectivity index (χ4n) is 2.40. The van der Waals surface area contributed by atoms with Gasteiger partial charge in [0.25, 0.3) is 0 Å². The highest BCUT2D eigenvalue weighted by atomic mass is 79.9. The molecule has 1 aromatic rings. The Hall–Kier alpha value is -0.540. The lowest BCUT2D eigenvalue weighted by Crippen LogP contribution is -2.39. The van der Waals surface area contributed by atoms with Crippen molar-refractivity contribution in [3.05, 3.63) is 28.7 Å². The van der Waals surface area contributed by atoms with Crippen LogP contribution in [0.2, 0.25) is 0 Å². The molecule has 0 aliphatic carbocycles. The van der Waals surface area contributed by atoms with Gasteiger partial charge >= 0.3 is 0 Å². The minimum absolute atomic E-state index is 0.643. The Morgan fingerprint density at radius 1 is 1.24 bits per heavy atom. The zero-order valence-electron chi connectivity index (χ0n) is 10.5. The standard InChI is InChI=1S/C14H21BrN2/c1-2-9-17-10-7-14(8-11-17)16-13-5-3-12(15)4-6-13/h3-6,14,16H,2,7-11H2,1H3. The summed E-state index contributed by atoms with van der Waals surface area (Å²) in [6.07, 6.45) is 3.79. The van der Waals surface area contributed by atoms with Crippen LogP contribution in [0.1, 0.15) is 26.2 Å². The molecule has 2 rings (SSSR count). The summed E-state index contributed by atoms with van der Waals surface area (Å²) in [5.41, 5.74) is 1.24. The van der Waals surface area contributed by atoms with E-state index in [0.717, 1.165) is 4.47 Å². The first-order valence-corrected chi connectivity index (χ1v) is 7.31. The molecule has 0 spiro atoms. The summed E-state index contributed by atoms with van der Waals surface area (Å²) in [4.78, 5) is 2.57. The number of nitrogens with one attached hydrogen (secondary N) is 1. The fourth-order valence-corrected chi connectivity index (χ4v) is 2.66. The topological polar surface area (TPSA) is 15.3 Å². The van der Waals surface area contributed by atoms with Crippen molar-refractivity contribution in [2.75, 3.05) is 25.0 Å². The van der Waals surface area contributed by atoms with Gasteiger partial charge < -0.3 is 10.2 Å². The number of piperidine rings is 1. The molecule has 94 valence electrons. The quantitative estimate of drug-likeness (QED) is 0.911. The largest absolute Gasteiger partial charge is 0.382 e.